The zero-order valence-corrected chi connectivity index (χ0v) is 32.4. The van der Waals surface area contributed by atoms with E-state index < -0.39 is 72.1 Å². The molecular formula is C40H62N6O8. The van der Waals surface area contributed by atoms with E-state index in [9.17, 15) is 39.3 Å². The number of amides is 5. The molecule has 0 aromatic heterocycles. The Labute approximate surface area is 319 Å². The van der Waals surface area contributed by atoms with Gasteiger partial charge in [0.25, 0.3) is 5.91 Å². The minimum Gasteiger partial charge on any atom is -0.391 e. The van der Waals surface area contributed by atoms with Crippen molar-refractivity contribution in [3.05, 3.63) is 59.7 Å². The molecule has 1 unspecified atom stereocenters. The molecule has 10 N–H and O–H groups in total. The van der Waals surface area contributed by atoms with Gasteiger partial charge in [0.05, 0.1) is 12.1 Å². The highest BCUT2D eigenvalue weighted by atomic mass is 16.5. The molecule has 0 aliphatic heterocycles. The van der Waals surface area contributed by atoms with Crippen LogP contribution in [0.15, 0.2) is 48.5 Å². The predicted octanol–water partition coefficient (Wildman–Crippen LogP) is 2.17. The minimum atomic E-state index is -1.81. The van der Waals surface area contributed by atoms with E-state index in [0.717, 1.165) is 43.2 Å². The Kier molecular flexibility index (Phi) is 20.5. The molecule has 0 fully saturated rings. The summed E-state index contributed by atoms with van der Waals surface area (Å²) in [5.41, 5.74) is 9.16. The number of nitrogens with one attached hydrogen (secondary N) is 5. The fraction of sp³-hybridized carbons (Fsp3) is 0.575. The van der Waals surface area contributed by atoms with E-state index >= 15 is 0 Å². The molecule has 2 aromatic rings. The van der Waals surface area contributed by atoms with Gasteiger partial charge in [0, 0.05) is 5.56 Å². The molecule has 0 saturated carbocycles. The van der Waals surface area contributed by atoms with Crippen molar-refractivity contribution in [3.63, 3.8) is 0 Å². The quantitative estimate of drug-likeness (QED) is 0.0564. The average molecular weight is 755 g/mol. The Balaban J connectivity index is 2.11. The van der Waals surface area contributed by atoms with Crippen molar-refractivity contribution in [1.29, 1.82) is 0 Å². The van der Waals surface area contributed by atoms with Crippen LogP contribution in [0.5, 0.6) is 0 Å². The molecule has 0 aliphatic rings. The highest BCUT2D eigenvalue weighted by Crippen LogP contribution is 2.21. The molecule has 54 heavy (non-hydrogen) atoms. The van der Waals surface area contributed by atoms with E-state index in [2.05, 4.69) is 57.8 Å². The summed E-state index contributed by atoms with van der Waals surface area (Å²) in [7, 11) is 0. The van der Waals surface area contributed by atoms with Crippen molar-refractivity contribution in [3.8, 4) is 11.1 Å². The lowest BCUT2D eigenvalue weighted by Gasteiger charge is -2.27. The van der Waals surface area contributed by atoms with Crippen molar-refractivity contribution in [2.24, 2.45) is 5.73 Å². The molecule has 0 aliphatic carbocycles. The zero-order valence-electron chi connectivity index (χ0n) is 32.4. The van der Waals surface area contributed by atoms with Gasteiger partial charge in [0.1, 0.15) is 24.2 Å². The summed E-state index contributed by atoms with van der Waals surface area (Å²) in [6.45, 7) is 8.63. The first-order chi connectivity index (χ1) is 25.7. The molecular weight excluding hydrogens is 692 g/mol. The summed E-state index contributed by atoms with van der Waals surface area (Å²) in [4.78, 5) is 66.1. The Morgan fingerprint density at radius 3 is 1.69 bits per heavy atom. The van der Waals surface area contributed by atoms with Crippen molar-refractivity contribution >= 4 is 29.5 Å². The summed E-state index contributed by atoms with van der Waals surface area (Å²) >= 11 is 0. The number of aliphatic hydroxyl groups is 3. The molecule has 14 nitrogen and oxygen atoms in total. The predicted molar refractivity (Wildman–Crippen MR) is 208 cm³/mol. The molecule has 0 saturated heterocycles. The van der Waals surface area contributed by atoms with Crippen LogP contribution < -0.4 is 32.3 Å². The van der Waals surface area contributed by atoms with Gasteiger partial charge >= 0.3 is 0 Å². The van der Waals surface area contributed by atoms with E-state index in [-0.39, 0.29) is 6.42 Å². The molecule has 0 spiro atoms. The first-order valence-electron chi connectivity index (χ1n) is 19.2. The summed E-state index contributed by atoms with van der Waals surface area (Å²) in [5, 5.41) is 42.1. The fourth-order valence-corrected chi connectivity index (χ4v) is 5.65. The van der Waals surface area contributed by atoms with Gasteiger partial charge in [-0.2, -0.15) is 0 Å². The fourth-order valence-electron chi connectivity index (χ4n) is 5.65. The highest BCUT2D eigenvalue weighted by molar-refractivity contribution is 5.99. The van der Waals surface area contributed by atoms with Crippen LogP contribution in [-0.2, 0) is 25.6 Å². The third-order valence-corrected chi connectivity index (χ3v) is 9.18. The van der Waals surface area contributed by atoms with Gasteiger partial charge in [0.15, 0.2) is 6.29 Å². The van der Waals surface area contributed by atoms with E-state index in [1.807, 2.05) is 19.1 Å². The number of nitrogens with two attached hydrogens (primary N) is 1. The van der Waals surface area contributed by atoms with Crippen LogP contribution in [-0.4, -0.2) is 94.0 Å². The van der Waals surface area contributed by atoms with Crippen molar-refractivity contribution < 1.29 is 39.3 Å². The third kappa shape index (κ3) is 15.5. The molecule has 300 valence electrons. The summed E-state index contributed by atoms with van der Waals surface area (Å²) in [6, 6.07) is 9.69. The standard InChI is InChI=1S/C40H62N6O8/c1-6-8-10-14-33(45-36(49)31-22-20-30(21-23-31)29-18-16-28(17-19-29)13-9-7-2)38(51)46-34(27(5)47)39(52)42-25(3)35(48)44-32(15-11-12-24-41)37(50)43-26(4)40(53)54/h16-23,25-27,32-34,40,47,53-54H,6-15,24,41H2,1-5H3,(H,42,52)(H,43,50)(H,44,48)(H,45,49)(H,46,51)/t25-,26-,27?,32-,33-,34-/m0/s1. The molecule has 0 radical (unpaired) electrons. The van der Waals surface area contributed by atoms with Gasteiger partial charge in [-0.05, 0) is 94.7 Å². The normalized spacial score (nSPS) is 14.6. The Bertz CT molecular complexity index is 1470. The lowest BCUT2D eigenvalue weighted by Crippen LogP contribution is -2.60. The highest BCUT2D eigenvalue weighted by Gasteiger charge is 2.32. The van der Waals surface area contributed by atoms with Gasteiger partial charge in [-0.15, -0.1) is 0 Å². The lowest BCUT2D eigenvalue weighted by molar-refractivity contribution is -0.136. The second-order valence-electron chi connectivity index (χ2n) is 13.9. The van der Waals surface area contributed by atoms with E-state index in [1.54, 1.807) is 12.1 Å². The van der Waals surface area contributed by atoms with Crippen LogP contribution in [0.1, 0.15) is 108 Å². The number of carbonyl (C=O) groups is 5. The van der Waals surface area contributed by atoms with Crippen LogP contribution in [0, 0.1) is 0 Å². The molecule has 6 atom stereocenters. The molecule has 14 heteroatoms. The number of carbonyl (C=O) groups excluding carboxylic acids is 5. The number of hydrogen-bond donors (Lipinski definition) is 9. The maximum absolute atomic E-state index is 13.6. The monoisotopic (exact) mass is 754 g/mol. The Morgan fingerprint density at radius 1 is 0.611 bits per heavy atom. The molecule has 2 aromatic carbocycles. The molecule has 0 bridgehead atoms. The number of hydrogen-bond acceptors (Lipinski definition) is 9. The van der Waals surface area contributed by atoms with Gasteiger partial charge < -0.3 is 47.6 Å². The van der Waals surface area contributed by atoms with Gasteiger partial charge in [0.2, 0.25) is 23.6 Å². The molecule has 5 amide bonds. The lowest BCUT2D eigenvalue weighted by atomic mass is 10.0. The van der Waals surface area contributed by atoms with Crippen molar-refractivity contribution in [2.45, 2.75) is 141 Å². The van der Waals surface area contributed by atoms with Gasteiger partial charge in [-0.3, -0.25) is 24.0 Å². The van der Waals surface area contributed by atoms with Gasteiger partial charge in [-0.25, -0.2) is 0 Å². The van der Waals surface area contributed by atoms with Crippen LogP contribution in [0.25, 0.3) is 11.1 Å². The van der Waals surface area contributed by atoms with Crippen LogP contribution in [0.3, 0.4) is 0 Å². The van der Waals surface area contributed by atoms with Crippen LogP contribution >= 0.6 is 0 Å². The number of benzene rings is 2. The Hall–Kier alpha value is -4.37. The molecule has 0 heterocycles. The first kappa shape index (κ1) is 45.8. The van der Waals surface area contributed by atoms with Crippen LogP contribution in [0.4, 0.5) is 0 Å². The largest absolute Gasteiger partial charge is 0.391 e. The zero-order chi connectivity index (χ0) is 40.2. The second-order valence-corrected chi connectivity index (χ2v) is 13.9. The maximum Gasteiger partial charge on any atom is 0.251 e. The summed E-state index contributed by atoms with van der Waals surface area (Å²) < 4.78 is 0. The van der Waals surface area contributed by atoms with E-state index in [0.29, 0.717) is 37.8 Å². The maximum atomic E-state index is 13.6. The van der Waals surface area contributed by atoms with E-state index in [4.69, 9.17) is 5.73 Å². The Morgan fingerprint density at radius 2 is 1.15 bits per heavy atom. The topological polar surface area (TPSA) is 232 Å². The number of aryl methyl sites for hydroxylation is 1. The van der Waals surface area contributed by atoms with Crippen molar-refractivity contribution in [2.75, 3.05) is 6.54 Å². The minimum absolute atomic E-state index is 0.207. The first-order valence-corrected chi connectivity index (χ1v) is 19.2. The van der Waals surface area contributed by atoms with Gasteiger partial charge in [-0.1, -0.05) is 75.9 Å². The number of unbranched alkanes of at least 4 members (excludes halogenated alkanes) is 4. The summed E-state index contributed by atoms with van der Waals surface area (Å²) in [5.74, 6) is -3.36. The smallest absolute Gasteiger partial charge is 0.251 e. The molecule has 2 rings (SSSR count). The summed E-state index contributed by atoms with van der Waals surface area (Å²) in [6.07, 6.45) is 4.00. The SMILES string of the molecule is CCCCC[C@H](NC(=O)c1ccc(-c2ccc(CCCC)cc2)cc1)C(=O)N[C@H](C(=O)N[C@@H](C)C(=O)N[C@@H](CCCCN)C(=O)N[C@@H](C)C(O)O)C(C)O. The number of rotatable bonds is 24. The van der Waals surface area contributed by atoms with Crippen LogP contribution in [0.2, 0.25) is 0 Å². The number of aliphatic hydroxyl groups excluding tert-OH is 2. The second kappa shape index (κ2) is 24.1. The van der Waals surface area contributed by atoms with Crippen molar-refractivity contribution in [1.82, 2.24) is 26.6 Å². The average Bonchev–Trinajstić information content (AvgIpc) is 3.15. The van der Waals surface area contributed by atoms with E-state index in [1.165, 1.54) is 26.3 Å². The third-order valence-electron chi connectivity index (χ3n) is 9.18.